The zero-order chi connectivity index (χ0) is 19.2. The SMILES string of the molecule is CCC(C(=O)NC(C)C(O[Si](C)(C)C)c1ccccc1)c1ccccc1. The van der Waals surface area contributed by atoms with Crippen molar-refractivity contribution in [1.29, 1.82) is 0 Å². The van der Waals surface area contributed by atoms with Gasteiger partial charge in [-0.25, -0.2) is 0 Å². The molecule has 0 saturated carbocycles. The molecule has 140 valence electrons. The van der Waals surface area contributed by atoms with E-state index in [0.29, 0.717) is 0 Å². The Morgan fingerprint density at radius 2 is 1.46 bits per heavy atom. The number of hydrogen-bond donors (Lipinski definition) is 1. The van der Waals surface area contributed by atoms with Crippen molar-refractivity contribution in [3.63, 3.8) is 0 Å². The van der Waals surface area contributed by atoms with E-state index in [0.717, 1.165) is 17.5 Å². The minimum absolute atomic E-state index is 0.0614. The predicted molar refractivity (Wildman–Crippen MR) is 111 cm³/mol. The predicted octanol–water partition coefficient (Wildman–Crippen LogP) is 5.28. The number of carbonyl (C=O) groups excluding carboxylic acids is 1. The molecular weight excluding hydrogens is 338 g/mol. The van der Waals surface area contributed by atoms with Gasteiger partial charge in [-0.05, 0) is 44.1 Å². The molecule has 0 aromatic heterocycles. The van der Waals surface area contributed by atoms with Crippen LogP contribution in [0.25, 0.3) is 0 Å². The molecule has 2 rings (SSSR count). The molecule has 2 aromatic rings. The van der Waals surface area contributed by atoms with Crippen LogP contribution in [-0.2, 0) is 9.22 Å². The Morgan fingerprint density at radius 1 is 0.962 bits per heavy atom. The lowest BCUT2D eigenvalue weighted by atomic mass is 9.94. The molecule has 0 heterocycles. The maximum absolute atomic E-state index is 12.9. The first kappa shape index (κ1) is 20.4. The molecule has 2 aromatic carbocycles. The molecule has 26 heavy (non-hydrogen) atoms. The summed E-state index contributed by atoms with van der Waals surface area (Å²) in [6.07, 6.45) is 0.632. The van der Waals surface area contributed by atoms with Gasteiger partial charge < -0.3 is 9.74 Å². The van der Waals surface area contributed by atoms with Crippen molar-refractivity contribution < 1.29 is 9.22 Å². The van der Waals surface area contributed by atoms with E-state index in [-0.39, 0.29) is 24.0 Å². The third-order valence-corrected chi connectivity index (χ3v) is 5.32. The fraction of sp³-hybridized carbons (Fsp3) is 0.409. The summed E-state index contributed by atoms with van der Waals surface area (Å²) in [6.45, 7) is 10.6. The Bertz CT molecular complexity index is 682. The van der Waals surface area contributed by atoms with Crippen molar-refractivity contribution in [3.05, 3.63) is 71.8 Å². The highest BCUT2D eigenvalue weighted by molar-refractivity contribution is 6.69. The second-order valence-corrected chi connectivity index (χ2v) is 12.2. The number of hydrogen-bond acceptors (Lipinski definition) is 2. The Morgan fingerprint density at radius 3 is 1.92 bits per heavy atom. The zero-order valence-corrected chi connectivity index (χ0v) is 17.5. The molecule has 3 atom stereocenters. The molecule has 0 radical (unpaired) electrons. The summed E-state index contributed by atoms with van der Waals surface area (Å²) >= 11 is 0. The van der Waals surface area contributed by atoms with E-state index in [1.807, 2.05) is 55.5 Å². The molecular formula is C22H31NO2Si. The maximum atomic E-state index is 12.9. The largest absolute Gasteiger partial charge is 0.409 e. The van der Waals surface area contributed by atoms with Gasteiger partial charge >= 0.3 is 0 Å². The minimum Gasteiger partial charge on any atom is -0.409 e. The van der Waals surface area contributed by atoms with Gasteiger partial charge in [0.25, 0.3) is 0 Å². The summed E-state index contributed by atoms with van der Waals surface area (Å²) in [5.41, 5.74) is 2.16. The Kier molecular flexibility index (Phi) is 7.18. The lowest BCUT2D eigenvalue weighted by molar-refractivity contribution is -0.124. The highest BCUT2D eigenvalue weighted by Crippen LogP contribution is 2.27. The van der Waals surface area contributed by atoms with Gasteiger partial charge in [-0.2, -0.15) is 0 Å². The average Bonchev–Trinajstić information content (AvgIpc) is 2.61. The van der Waals surface area contributed by atoms with Crippen LogP contribution in [0.1, 0.15) is 43.4 Å². The first-order valence-corrected chi connectivity index (χ1v) is 12.8. The molecule has 0 aliphatic carbocycles. The quantitative estimate of drug-likeness (QED) is 0.643. The van der Waals surface area contributed by atoms with Gasteiger partial charge in [-0.1, -0.05) is 67.6 Å². The monoisotopic (exact) mass is 369 g/mol. The summed E-state index contributed by atoms with van der Waals surface area (Å²) in [6, 6.07) is 20.1. The Balaban J connectivity index is 2.17. The van der Waals surface area contributed by atoms with Crippen molar-refractivity contribution in [2.45, 2.75) is 58.0 Å². The van der Waals surface area contributed by atoms with Gasteiger partial charge in [0.05, 0.1) is 18.1 Å². The average molecular weight is 370 g/mol. The van der Waals surface area contributed by atoms with E-state index < -0.39 is 8.32 Å². The molecule has 0 aliphatic rings. The molecule has 3 unspecified atom stereocenters. The lowest BCUT2D eigenvalue weighted by Crippen LogP contribution is -2.43. The van der Waals surface area contributed by atoms with Crippen LogP contribution in [-0.4, -0.2) is 20.3 Å². The normalized spacial score (nSPS) is 15.1. The maximum Gasteiger partial charge on any atom is 0.227 e. The van der Waals surface area contributed by atoms with E-state index in [1.165, 1.54) is 0 Å². The van der Waals surface area contributed by atoms with Crippen molar-refractivity contribution in [1.82, 2.24) is 5.32 Å². The number of amides is 1. The second kappa shape index (κ2) is 9.15. The van der Waals surface area contributed by atoms with E-state index in [4.69, 9.17) is 4.43 Å². The minimum atomic E-state index is -1.77. The molecule has 1 N–H and O–H groups in total. The van der Waals surface area contributed by atoms with Crippen LogP contribution in [0.15, 0.2) is 60.7 Å². The van der Waals surface area contributed by atoms with E-state index in [2.05, 4.69) is 44.0 Å². The van der Waals surface area contributed by atoms with Gasteiger partial charge in [0.2, 0.25) is 5.91 Å². The first-order valence-electron chi connectivity index (χ1n) is 9.40. The van der Waals surface area contributed by atoms with Crippen LogP contribution in [0.5, 0.6) is 0 Å². The number of rotatable bonds is 8. The van der Waals surface area contributed by atoms with Crippen LogP contribution < -0.4 is 5.32 Å². The van der Waals surface area contributed by atoms with Crippen LogP contribution in [0.4, 0.5) is 0 Å². The van der Waals surface area contributed by atoms with Gasteiger partial charge in [0, 0.05) is 0 Å². The summed E-state index contributed by atoms with van der Waals surface area (Å²) in [7, 11) is -1.77. The van der Waals surface area contributed by atoms with Crippen molar-refractivity contribution >= 4 is 14.2 Å². The number of carbonyl (C=O) groups is 1. The lowest BCUT2D eigenvalue weighted by Gasteiger charge is -2.32. The van der Waals surface area contributed by atoms with E-state index in [1.54, 1.807) is 0 Å². The Labute approximate surface area is 158 Å². The van der Waals surface area contributed by atoms with Crippen molar-refractivity contribution in [2.75, 3.05) is 0 Å². The third kappa shape index (κ3) is 5.82. The van der Waals surface area contributed by atoms with Crippen LogP contribution >= 0.6 is 0 Å². The van der Waals surface area contributed by atoms with Crippen molar-refractivity contribution in [2.24, 2.45) is 0 Å². The zero-order valence-electron chi connectivity index (χ0n) is 16.5. The summed E-state index contributed by atoms with van der Waals surface area (Å²) < 4.78 is 6.43. The highest BCUT2D eigenvalue weighted by Gasteiger charge is 2.29. The molecule has 0 spiro atoms. The number of benzene rings is 2. The van der Waals surface area contributed by atoms with Crippen LogP contribution in [0.3, 0.4) is 0 Å². The molecule has 0 bridgehead atoms. The molecule has 1 amide bonds. The van der Waals surface area contributed by atoms with Gasteiger partial charge in [-0.3, -0.25) is 4.79 Å². The summed E-state index contributed by atoms with van der Waals surface area (Å²) in [5.74, 6) is -0.0757. The molecule has 0 aliphatic heterocycles. The fourth-order valence-electron chi connectivity index (χ4n) is 3.14. The smallest absolute Gasteiger partial charge is 0.227 e. The van der Waals surface area contributed by atoms with Gasteiger partial charge in [0.15, 0.2) is 8.32 Å². The molecule has 4 heteroatoms. The topological polar surface area (TPSA) is 38.3 Å². The van der Waals surface area contributed by atoms with Crippen molar-refractivity contribution in [3.8, 4) is 0 Å². The summed E-state index contributed by atoms with van der Waals surface area (Å²) in [5, 5.41) is 3.21. The van der Waals surface area contributed by atoms with Crippen LogP contribution in [0, 0.1) is 0 Å². The van der Waals surface area contributed by atoms with Crippen LogP contribution in [0.2, 0.25) is 19.6 Å². The third-order valence-electron chi connectivity index (χ3n) is 4.36. The number of nitrogens with one attached hydrogen (secondary N) is 1. The standard InChI is InChI=1S/C22H31NO2Si/c1-6-20(18-13-9-7-10-14-18)22(24)23-17(2)21(25-26(3,4)5)19-15-11-8-12-16-19/h7-17,20-21H,6H2,1-5H3,(H,23,24). The highest BCUT2D eigenvalue weighted by atomic mass is 28.4. The Hall–Kier alpha value is -1.91. The van der Waals surface area contributed by atoms with Gasteiger partial charge in [0.1, 0.15) is 0 Å². The summed E-state index contributed by atoms with van der Waals surface area (Å²) in [4.78, 5) is 12.9. The first-order chi connectivity index (χ1) is 12.3. The molecule has 0 saturated heterocycles. The van der Waals surface area contributed by atoms with E-state index >= 15 is 0 Å². The van der Waals surface area contributed by atoms with E-state index in [9.17, 15) is 4.79 Å². The second-order valence-electron chi connectivity index (χ2n) is 7.73. The molecule has 0 fully saturated rings. The van der Waals surface area contributed by atoms with Gasteiger partial charge in [-0.15, -0.1) is 0 Å². The molecule has 3 nitrogen and oxygen atoms in total. The fourth-order valence-corrected chi connectivity index (χ4v) is 4.24.